The summed E-state index contributed by atoms with van der Waals surface area (Å²) >= 11 is 0. The van der Waals surface area contributed by atoms with Crippen molar-refractivity contribution in [2.75, 3.05) is 0 Å². The third-order valence-corrected chi connectivity index (χ3v) is 1.57. The maximum atomic E-state index is 2.24. The lowest BCUT2D eigenvalue weighted by molar-refractivity contribution is 0.698. The Hall–Kier alpha value is -0.520. The van der Waals surface area contributed by atoms with Gasteiger partial charge in [-0.05, 0) is 12.3 Å². The van der Waals surface area contributed by atoms with Crippen molar-refractivity contribution in [1.82, 2.24) is 0 Å². The highest BCUT2D eigenvalue weighted by Gasteiger charge is 1.86. The Morgan fingerprint density at radius 2 is 1.90 bits per heavy atom. The first-order chi connectivity index (χ1) is 4.81. The minimum Gasteiger partial charge on any atom is -0.0848 e. The molecule has 0 aromatic rings. The SMILES string of the molecule is CC/C=C/C=C/C(C)CC. The summed E-state index contributed by atoms with van der Waals surface area (Å²) in [6.07, 6.45) is 11.0. The molecule has 0 radical (unpaired) electrons. The molecule has 0 heteroatoms. The lowest BCUT2D eigenvalue weighted by atomic mass is 10.1. The Morgan fingerprint density at radius 1 is 1.20 bits per heavy atom. The van der Waals surface area contributed by atoms with Gasteiger partial charge in [-0.2, -0.15) is 0 Å². The highest BCUT2D eigenvalue weighted by molar-refractivity contribution is 5.03. The van der Waals surface area contributed by atoms with Gasteiger partial charge in [0.05, 0.1) is 0 Å². The summed E-state index contributed by atoms with van der Waals surface area (Å²) in [6.45, 7) is 6.59. The van der Waals surface area contributed by atoms with E-state index in [1.807, 2.05) is 0 Å². The van der Waals surface area contributed by atoms with Crippen LogP contribution in [0.5, 0.6) is 0 Å². The van der Waals surface area contributed by atoms with E-state index in [1.165, 1.54) is 6.42 Å². The summed E-state index contributed by atoms with van der Waals surface area (Å²) in [6, 6.07) is 0. The van der Waals surface area contributed by atoms with E-state index < -0.39 is 0 Å². The third-order valence-electron chi connectivity index (χ3n) is 1.57. The fourth-order valence-corrected chi connectivity index (χ4v) is 0.605. The second-order valence-corrected chi connectivity index (χ2v) is 2.61. The first kappa shape index (κ1) is 9.48. The molecular formula is C10H18. The first-order valence-corrected chi connectivity index (χ1v) is 4.14. The molecule has 10 heavy (non-hydrogen) atoms. The van der Waals surface area contributed by atoms with E-state index >= 15 is 0 Å². The minimum atomic E-state index is 0.724. The van der Waals surface area contributed by atoms with Crippen LogP contribution >= 0.6 is 0 Å². The van der Waals surface area contributed by atoms with E-state index in [1.54, 1.807) is 0 Å². The van der Waals surface area contributed by atoms with E-state index in [0.29, 0.717) is 0 Å². The molecule has 58 valence electrons. The Labute approximate surface area is 64.6 Å². The predicted molar refractivity (Wildman–Crippen MR) is 48.0 cm³/mol. The number of hydrogen-bond donors (Lipinski definition) is 0. The van der Waals surface area contributed by atoms with Gasteiger partial charge in [0.25, 0.3) is 0 Å². The van der Waals surface area contributed by atoms with Crippen LogP contribution < -0.4 is 0 Å². The average Bonchev–Trinajstić information content (AvgIpc) is 1.98. The lowest BCUT2D eigenvalue weighted by Gasteiger charge is -1.96. The maximum absolute atomic E-state index is 2.24. The molecule has 0 saturated carbocycles. The topological polar surface area (TPSA) is 0 Å². The monoisotopic (exact) mass is 138 g/mol. The molecule has 0 aliphatic heterocycles. The highest BCUT2D eigenvalue weighted by Crippen LogP contribution is 2.01. The predicted octanol–water partition coefficient (Wildman–Crippen LogP) is 3.55. The molecule has 1 unspecified atom stereocenters. The van der Waals surface area contributed by atoms with Gasteiger partial charge in [0, 0.05) is 0 Å². The summed E-state index contributed by atoms with van der Waals surface area (Å²) in [5.74, 6) is 0.724. The molecule has 0 nitrogen and oxygen atoms in total. The van der Waals surface area contributed by atoms with E-state index in [0.717, 1.165) is 12.3 Å². The molecule has 0 aromatic carbocycles. The van der Waals surface area contributed by atoms with Gasteiger partial charge in [-0.3, -0.25) is 0 Å². The zero-order valence-corrected chi connectivity index (χ0v) is 7.30. The zero-order valence-electron chi connectivity index (χ0n) is 7.30. The summed E-state index contributed by atoms with van der Waals surface area (Å²) in [5, 5.41) is 0. The molecule has 0 rings (SSSR count). The van der Waals surface area contributed by atoms with Crippen LogP contribution in [0.2, 0.25) is 0 Å². The number of hydrogen-bond acceptors (Lipinski definition) is 0. The molecule has 0 heterocycles. The van der Waals surface area contributed by atoms with Crippen molar-refractivity contribution in [3.05, 3.63) is 24.3 Å². The standard InChI is InChI=1S/C10H18/c1-4-6-7-8-9-10(3)5-2/h6-10H,4-5H2,1-3H3/b7-6+,9-8+. The van der Waals surface area contributed by atoms with E-state index in [4.69, 9.17) is 0 Å². The normalized spacial score (nSPS) is 15.1. The van der Waals surface area contributed by atoms with Crippen LogP contribution in [-0.2, 0) is 0 Å². The van der Waals surface area contributed by atoms with Gasteiger partial charge in [-0.15, -0.1) is 0 Å². The van der Waals surface area contributed by atoms with Crippen LogP contribution in [0.4, 0.5) is 0 Å². The third kappa shape index (κ3) is 5.61. The number of allylic oxidation sites excluding steroid dienone is 4. The van der Waals surface area contributed by atoms with Gasteiger partial charge < -0.3 is 0 Å². The van der Waals surface area contributed by atoms with E-state index in [9.17, 15) is 0 Å². The molecule has 0 aromatic heterocycles. The summed E-state index contributed by atoms with van der Waals surface area (Å²) < 4.78 is 0. The van der Waals surface area contributed by atoms with Gasteiger partial charge in [-0.25, -0.2) is 0 Å². The molecular weight excluding hydrogens is 120 g/mol. The first-order valence-electron chi connectivity index (χ1n) is 4.14. The van der Waals surface area contributed by atoms with E-state index in [2.05, 4.69) is 45.1 Å². The lowest BCUT2D eigenvalue weighted by Crippen LogP contribution is -1.82. The quantitative estimate of drug-likeness (QED) is 0.521. The molecule has 0 bridgehead atoms. The fourth-order valence-electron chi connectivity index (χ4n) is 0.605. The Bertz CT molecular complexity index is 109. The molecule has 0 N–H and O–H groups in total. The summed E-state index contributed by atoms with van der Waals surface area (Å²) in [4.78, 5) is 0. The van der Waals surface area contributed by atoms with Crippen molar-refractivity contribution in [1.29, 1.82) is 0 Å². The van der Waals surface area contributed by atoms with Crippen molar-refractivity contribution < 1.29 is 0 Å². The molecule has 0 fully saturated rings. The average molecular weight is 138 g/mol. The van der Waals surface area contributed by atoms with Crippen LogP contribution in [0.15, 0.2) is 24.3 Å². The van der Waals surface area contributed by atoms with Gasteiger partial charge >= 0.3 is 0 Å². The van der Waals surface area contributed by atoms with Crippen molar-refractivity contribution in [3.63, 3.8) is 0 Å². The largest absolute Gasteiger partial charge is 0.0848 e. The molecule has 0 spiro atoms. The second kappa shape index (κ2) is 6.60. The van der Waals surface area contributed by atoms with Crippen LogP contribution in [0.3, 0.4) is 0 Å². The minimum absolute atomic E-state index is 0.724. The van der Waals surface area contributed by atoms with Crippen LogP contribution in [0.25, 0.3) is 0 Å². The maximum Gasteiger partial charge on any atom is -0.0261 e. The van der Waals surface area contributed by atoms with Gasteiger partial charge in [0.2, 0.25) is 0 Å². The smallest absolute Gasteiger partial charge is 0.0261 e. The highest BCUT2D eigenvalue weighted by atomic mass is 13.9. The van der Waals surface area contributed by atoms with Crippen LogP contribution in [0, 0.1) is 5.92 Å². The number of rotatable bonds is 4. The molecule has 1 atom stereocenters. The molecule has 0 amide bonds. The van der Waals surface area contributed by atoms with E-state index in [-0.39, 0.29) is 0 Å². The molecule has 0 saturated heterocycles. The molecule has 0 aliphatic rings. The zero-order chi connectivity index (χ0) is 7.82. The Balaban J connectivity index is 3.44. The fraction of sp³-hybridized carbons (Fsp3) is 0.600. The van der Waals surface area contributed by atoms with Crippen LogP contribution in [0.1, 0.15) is 33.6 Å². The summed E-state index contributed by atoms with van der Waals surface area (Å²) in [7, 11) is 0. The van der Waals surface area contributed by atoms with Crippen molar-refractivity contribution >= 4 is 0 Å². The Kier molecular flexibility index (Phi) is 6.25. The molecule has 0 aliphatic carbocycles. The Morgan fingerprint density at radius 3 is 2.40 bits per heavy atom. The van der Waals surface area contributed by atoms with Gasteiger partial charge in [-0.1, -0.05) is 51.5 Å². The van der Waals surface area contributed by atoms with Crippen molar-refractivity contribution in [2.24, 2.45) is 5.92 Å². The van der Waals surface area contributed by atoms with Crippen molar-refractivity contribution in [2.45, 2.75) is 33.6 Å². The van der Waals surface area contributed by atoms with Gasteiger partial charge in [0.1, 0.15) is 0 Å². The van der Waals surface area contributed by atoms with Crippen molar-refractivity contribution in [3.8, 4) is 0 Å². The van der Waals surface area contributed by atoms with Crippen LogP contribution in [-0.4, -0.2) is 0 Å². The second-order valence-electron chi connectivity index (χ2n) is 2.61. The summed E-state index contributed by atoms with van der Waals surface area (Å²) in [5.41, 5.74) is 0. The van der Waals surface area contributed by atoms with Gasteiger partial charge in [0.15, 0.2) is 0 Å².